The normalized spacial score (nSPS) is 15.2. The van der Waals surface area contributed by atoms with Gasteiger partial charge in [0.15, 0.2) is 5.76 Å². The van der Waals surface area contributed by atoms with Crippen molar-refractivity contribution in [3.63, 3.8) is 0 Å². The first-order chi connectivity index (χ1) is 11.6. The zero-order valence-electron chi connectivity index (χ0n) is 12.4. The second-order valence-electron chi connectivity index (χ2n) is 5.72. The Kier molecular flexibility index (Phi) is 3.66. The van der Waals surface area contributed by atoms with Crippen molar-refractivity contribution in [2.75, 3.05) is 5.32 Å². The summed E-state index contributed by atoms with van der Waals surface area (Å²) in [5.41, 5.74) is 0.399. The van der Waals surface area contributed by atoms with Crippen LogP contribution < -0.4 is 5.32 Å². The summed E-state index contributed by atoms with van der Waals surface area (Å²) in [5, 5.41) is 8.80. The van der Waals surface area contributed by atoms with Crippen LogP contribution in [-0.4, -0.2) is 11.1 Å². The number of carbonyl (C=O) groups is 1. The smallest absolute Gasteiger partial charge is 0.236 e. The van der Waals surface area contributed by atoms with E-state index in [1.165, 1.54) is 18.2 Å². The topological polar surface area (TPSA) is 55.1 Å². The van der Waals surface area contributed by atoms with Gasteiger partial charge in [0.25, 0.3) is 0 Å². The highest BCUT2D eigenvalue weighted by atomic mass is 35.5. The minimum absolute atomic E-state index is 0.0286. The van der Waals surface area contributed by atoms with Crippen LogP contribution in [0.25, 0.3) is 10.6 Å². The van der Waals surface area contributed by atoms with Crippen LogP contribution in [0.2, 0.25) is 5.02 Å². The Labute approximate surface area is 146 Å². The van der Waals surface area contributed by atoms with Gasteiger partial charge in [-0.25, -0.2) is 4.39 Å². The van der Waals surface area contributed by atoms with Crippen molar-refractivity contribution in [2.45, 2.75) is 18.3 Å². The van der Waals surface area contributed by atoms with Gasteiger partial charge in [-0.3, -0.25) is 4.79 Å². The minimum Gasteiger partial charge on any atom is -0.355 e. The van der Waals surface area contributed by atoms with Crippen LogP contribution in [0.4, 0.5) is 10.1 Å². The Hall–Kier alpha value is -2.18. The minimum atomic E-state index is -0.681. The van der Waals surface area contributed by atoms with Crippen molar-refractivity contribution >= 4 is 34.5 Å². The number of nitrogens with one attached hydrogen (secondary N) is 1. The fraction of sp³-hybridized carbons (Fsp3) is 0.176. The third-order valence-corrected chi connectivity index (χ3v) is 5.30. The van der Waals surface area contributed by atoms with Gasteiger partial charge in [0, 0.05) is 11.8 Å². The number of anilines is 1. The van der Waals surface area contributed by atoms with Crippen LogP contribution in [0.3, 0.4) is 0 Å². The number of aromatic nitrogens is 1. The molecule has 7 heteroatoms. The average Bonchev–Trinajstić information content (AvgIpc) is 3.00. The van der Waals surface area contributed by atoms with Gasteiger partial charge in [0.1, 0.15) is 5.82 Å². The number of hydrogen-bond donors (Lipinski definition) is 1. The van der Waals surface area contributed by atoms with Crippen molar-refractivity contribution in [1.29, 1.82) is 0 Å². The van der Waals surface area contributed by atoms with Crippen LogP contribution in [0.15, 0.2) is 46.3 Å². The van der Waals surface area contributed by atoms with Gasteiger partial charge in [-0.05, 0) is 42.5 Å². The molecule has 0 bridgehead atoms. The zero-order valence-corrected chi connectivity index (χ0v) is 14.0. The van der Waals surface area contributed by atoms with Gasteiger partial charge in [0.2, 0.25) is 5.91 Å². The molecule has 0 aliphatic heterocycles. The first kappa shape index (κ1) is 15.4. The van der Waals surface area contributed by atoms with Gasteiger partial charge >= 0.3 is 0 Å². The van der Waals surface area contributed by atoms with E-state index in [0.29, 0.717) is 30.0 Å². The van der Waals surface area contributed by atoms with Gasteiger partial charge in [0.05, 0.1) is 21.0 Å². The summed E-state index contributed by atoms with van der Waals surface area (Å²) in [4.78, 5) is 13.6. The van der Waals surface area contributed by atoms with Gasteiger partial charge < -0.3 is 9.84 Å². The first-order valence-corrected chi connectivity index (χ1v) is 8.62. The quantitative estimate of drug-likeness (QED) is 0.720. The summed E-state index contributed by atoms with van der Waals surface area (Å²) < 4.78 is 18.6. The number of carbonyl (C=O) groups excluding carboxylic acids is 1. The molecule has 0 saturated heterocycles. The predicted molar refractivity (Wildman–Crippen MR) is 90.8 cm³/mol. The number of rotatable bonds is 4. The van der Waals surface area contributed by atoms with Crippen LogP contribution in [0.1, 0.15) is 18.5 Å². The van der Waals surface area contributed by atoms with E-state index < -0.39 is 11.2 Å². The maximum atomic E-state index is 13.2. The molecule has 3 aromatic rings. The van der Waals surface area contributed by atoms with Crippen molar-refractivity contribution < 1.29 is 13.7 Å². The third kappa shape index (κ3) is 2.61. The lowest BCUT2D eigenvalue weighted by molar-refractivity contribution is -0.118. The Morgan fingerprint density at radius 2 is 2.17 bits per heavy atom. The van der Waals surface area contributed by atoms with E-state index in [-0.39, 0.29) is 10.9 Å². The number of thiophene rings is 1. The fourth-order valence-electron chi connectivity index (χ4n) is 2.58. The van der Waals surface area contributed by atoms with E-state index in [2.05, 4.69) is 10.5 Å². The maximum absolute atomic E-state index is 13.2. The Balaban J connectivity index is 1.56. The summed E-state index contributed by atoms with van der Waals surface area (Å²) >= 11 is 7.30. The second kappa shape index (κ2) is 5.72. The van der Waals surface area contributed by atoms with Gasteiger partial charge in [-0.1, -0.05) is 22.8 Å². The van der Waals surface area contributed by atoms with Crippen molar-refractivity contribution in [3.8, 4) is 10.6 Å². The molecule has 1 aliphatic rings. The maximum Gasteiger partial charge on any atom is 0.236 e. The summed E-state index contributed by atoms with van der Waals surface area (Å²) in [6.07, 6.45) is 1.40. The zero-order chi connectivity index (χ0) is 16.7. The molecule has 1 aromatic carbocycles. The van der Waals surface area contributed by atoms with E-state index in [0.717, 1.165) is 4.88 Å². The second-order valence-corrected chi connectivity index (χ2v) is 7.07. The van der Waals surface area contributed by atoms with Crippen molar-refractivity contribution in [2.24, 2.45) is 0 Å². The molecule has 2 aromatic heterocycles. The summed E-state index contributed by atoms with van der Waals surface area (Å²) in [6, 6.07) is 9.79. The monoisotopic (exact) mass is 362 g/mol. The summed E-state index contributed by atoms with van der Waals surface area (Å²) in [6.45, 7) is 0. The first-order valence-electron chi connectivity index (χ1n) is 7.36. The highest BCUT2D eigenvalue weighted by Crippen LogP contribution is 2.49. The molecule has 0 spiro atoms. The van der Waals surface area contributed by atoms with E-state index in [1.807, 2.05) is 23.6 Å². The van der Waals surface area contributed by atoms with Crippen molar-refractivity contribution in [1.82, 2.24) is 5.16 Å². The molecule has 1 N–H and O–H groups in total. The molecule has 4 rings (SSSR count). The fourth-order valence-corrected chi connectivity index (χ4v) is 3.44. The molecule has 1 fully saturated rings. The van der Waals surface area contributed by atoms with Crippen molar-refractivity contribution in [3.05, 3.63) is 58.3 Å². The highest BCUT2D eigenvalue weighted by Gasteiger charge is 2.53. The summed E-state index contributed by atoms with van der Waals surface area (Å²) in [5.74, 6) is -0.0482. The van der Waals surface area contributed by atoms with E-state index in [9.17, 15) is 9.18 Å². The lowest BCUT2D eigenvalue weighted by Crippen LogP contribution is -2.28. The third-order valence-electron chi connectivity index (χ3n) is 4.13. The molecule has 0 radical (unpaired) electrons. The lowest BCUT2D eigenvalue weighted by Gasteiger charge is -2.12. The Bertz CT molecular complexity index is 903. The van der Waals surface area contributed by atoms with E-state index in [1.54, 1.807) is 11.3 Å². The molecule has 0 unspecified atom stereocenters. The average molecular weight is 363 g/mol. The Morgan fingerprint density at radius 1 is 1.33 bits per heavy atom. The molecule has 4 nitrogen and oxygen atoms in total. The SMILES string of the molecule is O=C(Nc1ccc(F)c(Cl)c1)C1(c2cc(-c3cccs3)on2)CC1. The molecule has 0 atom stereocenters. The number of halogens is 2. The van der Waals surface area contributed by atoms with E-state index in [4.69, 9.17) is 16.1 Å². The van der Waals surface area contributed by atoms with Crippen LogP contribution >= 0.6 is 22.9 Å². The molecule has 1 saturated carbocycles. The summed E-state index contributed by atoms with van der Waals surface area (Å²) in [7, 11) is 0. The van der Waals surface area contributed by atoms with Crippen LogP contribution in [-0.2, 0) is 10.2 Å². The largest absolute Gasteiger partial charge is 0.355 e. The van der Waals surface area contributed by atoms with E-state index >= 15 is 0 Å². The molecular formula is C17H12ClFN2O2S. The standard InChI is InChI=1S/C17H12ClFN2O2S/c18-11-8-10(3-4-12(11)19)20-16(22)17(5-6-17)15-9-13(23-21-15)14-2-1-7-24-14/h1-4,7-9H,5-6H2,(H,20,22). The Morgan fingerprint density at radius 3 is 2.83 bits per heavy atom. The molecule has 2 heterocycles. The molecular weight excluding hydrogens is 351 g/mol. The highest BCUT2D eigenvalue weighted by molar-refractivity contribution is 7.13. The lowest BCUT2D eigenvalue weighted by atomic mass is 10.0. The number of benzene rings is 1. The molecule has 24 heavy (non-hydrogen) atoms. The predicted octanol–water partition coefficient (Wildman–Crippen LogP) is 4.87. The van der Waals surface area contributed by atoms with Gasteiger partial charge in [-0.2, -0.15) is 0 Å². The van der Waals surface area contributed by atoms with Gasteiger partial charge in [-0.15, -0.1) is 11.3 Å². The van der Waals surface area contributed by atoms with Crippen LogP contribution in [0.5, 0.6) is 0 Å². The number of nitrogens with zero attached hydrogens (tertiary/aromatic N) is 1. The number of hydrogen-bond acceptors (Lipinski definition) is 4. The number of amides is 1. The molecule has 122 valence electrons. The molecule has 1 amide bonds. The molecule has 1 aliphatic carbocycles. The van der Waals surface area contributed by atoms with Crippen LogP contribution in [0, 0.1) is 5.82 Å².